The highest BCUT2D eigenvalue weighted by atomic mass is 79.9. The normalized spacial score (nSPS) is 12.2. The average Bonchev–Trinajstić information content (AvgIpc) is 2.85. The van der Waals surface area contributed by atoms with Crippen LogP contribution in [0.2, 0.25) is 5.02 Å². The van der Waals surface area contributed by atoms with Crippen molar-refractivity contribution < 1.29 is 14.3 Å². The monoisotopic (exact) mass is 598 g/mol. The number of hydrogen-bond donors (Lipinski definition) is 1. The molecule has 0 spiro atoms. The van der Waals surface area contributed by atoms with E-state index in [0.717, 1.165) is 21.2 Å². The van der Waals surface area contributed by atoms with Crippen LogP contribution in [0.1, 0.15) is 51.3 Å². The molecule has 0 heterocycles. The number of halogens is 2. The van der Waals surface area contributed by atoms with Crippen molar-refractivity contribution in [2.75, 3.05) is 6.61 Å². The summed E-state index contributed by atoms with van der Waals surface area (Å²) in [7, 11) is 0. The fourth-order valence-electron chi connectivity index (χ4n) is 4.05. The zero-order chi connectivity index (χ0) is 27.9. The molecule has 0 radical (unpaired) electrons. The van der Waals surface area contributed by atoms with Gasteiger partial charge in [0.15, 0.2) is 6.61 Å². The molecule has 3 aromatic carbocycles. The van der Waals surface area contributed by atoms with Crippen molar-refractivity contribution in [1.29, 1.82) is 0 Å². The molecule has 0 saturated carbocycles. The van der Waals surface area contributed by atoms with Gasteiger partial charge >= 0.3 is 0 Å². The minimum absolute atomic E-state index is 0.0168. The van der Waals surface area contributed by atoms with Crippen LogP contribution in [0.4, 0.5) is 0 Å². The van der Waals surface area contributed by atoms with Gasteiger partial charge in [-0.1, -0.05) is 87.0 Å². The van der Waals surface area contributed by atoms with Crippen LogP contribution in [0, 0.1) is 0 Å². The van der Waals surface area contributed by atoms with Crippen LogP contribution in [-0.2, 0) is 28.0 Å². The third-order valence-electron chi connectivity index (χ3n) is 6.15. The van der Waals surface area contributed by atoms with Gasteiger partial charge in [0.05, 0.1) is 4.47 Å². The summed E-state index contributed by atoms with van der Waals surface area (Å²) in [4.78, 5) is 28.8. The van der Waals surface area contributed by atoms with Gasteiger partial charge in [-0.25, -0.2) is 0 Å². The Balaban J connectivity index is 1.92. The van der Waals surface area contributed by atoms with Crippen molar-refractivity contribution in [2.45, 2.75) is 65.1 Å². The predicted molar refractivity (Wildman–Crippen MR) is 158 cm³/mol. The summed E-state index contributed by atoms with van der Waals surface area (Å²) in [6.45, 7) is 10.2. The first-order chi connectivity index (χ1) is 18.0. The highest BCUT2D eigenvalue weighted by Gasteiger charge is 2.31. The molecule has 202 valence electrons. The van der Waals surface area contributed by atoms with Crippen molar-refractivity contribution in [3.8, 4) is 5.75 Å². The van der Waals surface area contributed by atoms with Crippen molar-refractivity contribution in [1.82, 2.24) is 10.2 Å². The van der Waals surface area contributed by atoms with Gasteiger partial charge in [-0.2, -0.15) is 0 Å². The Morgan fingerprint density at radius 2 is 1.66 bits per heavy atom. The highest BCUT2D eigenvalue weighted by molar-refractivity contribution is 9.10. The van der Waals surface area contributed by atoms with E-state index >= 15 is 0 Å². The van der Waals surface area contributed by atoms with Crippen LogP contribution in [-0.4, -0.2) is 35.4 Å². The highest BCUT2D eigenvalue weighted by Crippen LogP contribution is 2.31. The topological polar surface area (TPSA) is 58.6 Å². The van der Waals surface area contributed by atoms with Gasteiger partial charge in [0.1, 0.15) is 11.8 Å². The molecule has 5 nitrogen and oxygen atoms in total. The van der Waals surface area contributed by atoms with Gasteiger partial charge in [0, 0.05) is 24.0 Å². The number of nitrogens with one attached hydrogen (secondary N) is 1. The molecule has 0 aromatic heterocycles. The minimum atomic E-state index is -0.751. The fraction of sp³-hybridized carbons (Fsp3) is 0.355. The number of benzene rings is 3. The molecular weight excluding hydrogens is 564 g/mol. The molecule has 0 aliphatic rings. The first-order valence-electron chi connectivity index (χ1n) is 12.8. The summed E-state index contributed by atoms with van der Waals surface area (Å²) in [6.07, 6.45) is 0.361. The van der Waals surface area contributed by atoms with Crippen molar-refractivity contribution in [3.05, 3.63) is 99.0 Å². The molecule has 0 aliphatic heterocycles. The van der Waals surface area contributed by atoms with E-state index in [4.69, 9.17) is 16.3 Å². The number of amides is 2. The number of rotatable bonds is 10. The molecule has 2 amide bonds. The maximum atomic E-state index is 13.8. The Kier molecular flexibility index (Phi) is 10.4. The van der Waals surface area contributed by atoms with E-state index in [1.165, 1.54) is 0 Å². The van der Waals surface area contributed by atoms with Crippen LogP contribution >= 0.6 is 27.5 Å². The first-order valence-corrected chi connectivity index (χ1v) is 13.9. The zero-order valence-corrected chi connectivity index (χ0v) is 25.0. The third kappa shape index (κ3) is 8.34. The lowest BCUT2D eigenvalue weighted by Crippen LogP contribution is -2.52. The maximum Gasteiger partial charge on any atom is 0.261 e. The second-order valence-electron chi connectivity index (χ2n) is 10.7. The molecule has 0 saturated heterocycles. The van der Waals surface area contributed by atoms with Crippen LogP contribution in [0.25, 0.3) is 0 Å². The molecule has 0 unspecified atom stereocenters. The molecule has 0 aliphatic carbocycles. The average molecular weight is 600 g/mol. The van der Waals surface area contributed by atoms with Gasteiger partial charge in [-0.05, 0) is 70.1 Å². The van der Waals surface area contributed by atoms with E-state index in [1.54, 1.807) is 11.0 Å². The molecule has 7 heteroatoms. The van der Waals surface area contributed by atoms with Gasteiger partial charge < -0.3 is 15.0 Å². The Bertz CT molecular complexity index is 1240. The summed E-state index contributed by atoms with van der Waals surface area (Å²) < 4.78 is 6.75. The molecule has 3 rings (SSSR count). The van der Waals surface area contributed by atoms with E-state index in [9.17, 15) is 9.59 Å². The number of carbonyl (C=O) groups is 2. The van der Waals surface area contributed by atoms with Crippen molar-refractivity contribution in [3.63, 3.8) is 0 Å². The van der Waals surface area contributed by atoms with Gasteiger partial charge in [0.25, 0.3) is 5.91 Å². The molecular formula is C31H36BrClN2O3. The number of nitrogens with zero attached hydrogens (tertiary/aromatic N) is 1. The zero-order valence-electron chi connectivity index (χ0n) is 22.6. The summed E-state index contributed by atoms with van der Waals surface area (Å²) >= 11 is 10.1. The Morgan fingerprint density at radius 3 is 2.26 bits per heavy atom. The van der Waals surface area contributed by atoms with E-state index in [-0.39, 0.29) is 36.4 Å². The van der Waals surface area contributed by atoms with E-state index in [1.807, 2.05) is 80.6 Å². The number of carbonyl (C=O) groups excluding carboxylic acids is 2. The second-order valence-corrected chi connectivity index (χ2v) is 11.9. The molecule has 1 N–H and O–H groups in total. The van der Waals surface area contributed by atoms with E-state index in [0.29, 0.717) is 17.2 Å². The Morgan fingerprint density at radius 1 is 1.00 bits per heavy atom. The van der Waals surface area contributed by atoms with Gasteiger partial charge in [-0.3, -0.25) is 9.59 Å². The molecule has 3 aromatic rings. The van der Waals surface area contributed by atoms with Crippen molar-refractivity contribution in [2.24, 2.45) is 0 Å². The maximum absolute atomic E-state index is 13.8. The lowest BCUT2D eigenvalue weighted by atomic mass is 9.87. The Hall–Kier alpha value is -2.83. The van der Waals surface area contributed by atoms with Gasteiger partial charge in [-0.15, -0.1) is 0 Å². The number of hydrogen-bond acceptors (Lipinski definition) is 3. The third-order valence-corrected chi connectivity index (χ3v) is 7.14. The minimum Gasteiger partial charge on any atom is -0.483 e. The van der Waals surface area contributed by atoms with E-state index < -0.39 is 6.04 Å². The standard InChI is InChI=1S/C31H36BrClN2O3/c1-21(2)34-30(37)27(17-22-11-7-6-8-12-22)35(19-23-13-9-10-14-26(23)33)29(36)20-38-28-16-15-24(18-25(28)32)31(3,4)5/h6-16,18,21,27H,17,19-20H2,1-5H3,(H,34,37)/t27-/m0/s1. The quantitative estimate of drug-likeness (QED) is 0.275. The predicted octanol–water partition coefficient (Wildman–Crippen LogP) is 6.94. The lowest BCUT2D eigenvalue weighted by molar-refractivity contribution is -0.143. The molecule has 0 fully saturated rings. The Labute approximate surface area is 239 Å². The van der Waals surface area contributed by atoms with Gasteiger partial charge in [0.2, 0.25) is 5.91 Å². The second kappa shape index (κ2) is 13.3. The summed E-state index contributed by atoms with van der Waals surface area (Å²) in [6, 6.07) is 22.1. The SMILES string of the molecule is CC(C)NC(=O)[C@H](Cc1ccccc1)N(Cc1ccccc1Cl)C(=O)COc1ccc(C(C)(C)C)cc1Br. The van der Waals surface area contributed by atoms with E-state index in [2.05, 4.69) is 42.0 Å². The summed E-state index contributed by atoms with van der Waals surface area (Å²) in [5.74, 6) is 0.0341. The smallest absolute Gasteiger partial charge is 0.261 e. The molecule has 0 bridgehead atoms. The summed E-state index contributed by atoms with van der Waals surface area (Å²) in [5.41, 5.74) is 2.84. The molecule has 1 atom stereocenters. The van der Waals surface area contributed by atoms with Crippen LogP contribution < -0.4 is 10.1 Å². The van der Waals surface area contributed by atoms with Crippen LogP contribution in [0.15, 0.2) is 77.3 Å². The van der Waals surface area contributed by atoms with Crippen molar-refractivity contribution >= 4 is 39.3 Å². The fourth-order valence-corrected chi connectivity index (χ4v) is 4.74. The lowest BCUT2D eigenvalue weighted by Gasteiger charge is -2.32. The first kappa shape index (κ1) is 29.7. The largest absolute Gasteiger partial charge is 0.483 e. The summed E-state index contributed by atoms with van der Waals surface area (Å²) in [5, 5.41) is 3.52. The van der Waals surface area contributed by atoms with Crippen LogP contribution in [0.3, 0.4) is 0 Å². The number of ether oxygens (including phenoxy) is 1. The van der Waals surface area contributed by atoms with Crippen LogP contribution in [0.5, 0.6) is 5.75 Å². The molecule has 38 heavy (non-hydrogen) atoms.